The van der Waals surface area contributed by atoms with Crippen LogP contribution < -0.4 is 5.32 Å². The van der Waals surface area contributed by atoms with E-state index in [2.05, 4.69) is 5.32 Å². The molecule has 0 aliphatic rings. The van der Waals surface area contributed by atoms with Crippen LogP contribution in [0, 0.1) is 11.6 Å². The van der Waals surface area contributed by atoms with Crippen molar-refractivity contribution in [1.29, 1.82) is 0 Å². The van der Waals surface area contributed by atoms with Crippen LogP contribution in [0.15, 0.2) is 18.2 Å². The van der Waals surface area contributed by atoms with Crippen molar-refractivity contribution in [3.8, 4) is 0 Å². The van der Waals surface area contributed by atoms with E-state index >= 15 is 0 Å². The molecule has 0 radical (unpaired) electrons. The third-order valence-corrected chi connectivity index (χ3v) is 2.15. The van der Waals surface area contributed by atoms with Crippen LogP contribution in [-0.2, 0) is 16.0 Å². The quantitative estimate of drug-likeness (QED) is 0.610. The van der Waals surface area contributed by atoms with Crippen molar-refractivity contribution in [3.05, 3.63) is 35.4 Å². The summed E-state index contributed by atoms with van der Waals surface area (Å²) in [6, 6.07) is 3.32. The van der Waals surface area contributed by atoms with Gasteiger partial charge in [-0.3, -0.25) is 4.79 Å². The van der Waals surface area contributed by atoms with Crippen LogP contribution in [0.3, 0.4) is 0 Å². The van der Waals surface area contributed by atoms with Gasteiger partial charge in [-0.25, -0.2) is 8.78 Å². The minimum atomic E-state index is -0.466. The summed E-state index contributed by atoms with van der Waals surface area (Å²) in [5.41, 5.74) is 0.293. The number of hydrogen-bond acceptors (Lipinski definition) is 3. The van der Waals surface area contributed by atoms with Crippen molar-refractivity contribution >= 4 is 5.97 Å². The van der Waals surface area contributed by atoms with Crippen molar-refractivity contribution in [3.63, 3.8) is 0 Å². The molecule has 0 aliphatic heterocycles. The molecule has 0 saturated carbocycles. The molecule has 1 aromatic rings. The van der Waals surface area contributed by atoms with Gasteiger partial charge >= 0.3 is 5.97 Å². The largest absolute Gasteiger partial charge is 0.465 e. The van der Waals surface area contributed by atoms with Crippen LogP contribution in [0.1, 0.15) is 12.5 Å². The molecule has 17 heavy (non-hydrogen) atoms. The summed E-state index contributed by atoms with van der Waals surface area (Å²) in [4.78, 5) is 11.0. The van der Waals surface area contributed by atoms with Gasteiger partial charge in [0.1, 0.15) is 11.6 Å². The van der Waals surface area contributed by atoms with E-state index in [4.69, 9.17) is 4.74 Å². The van der Waals surface area contributed by atoms with Gasteiger partial charge in [0.2, 0.25) is 0 Å². The maximum atomic E-state index is 13.2. The van der Waals surface area contributed by atoms with Crippen LogP contribution in [0.5, 0.6) is 0 Å². The van der Waals surface area contributed by atoms with Gasteiger partial charge in [0.25, 0.3) is 0 Å². The molecular formula is C12H15F2NO2. The highest BCUT2D eigenvalue weighted by Crippen LogP contribution is 2.09. The fourth-order valence-electron chi connectivity index (χ4n) is 1.36. The predicted octanol–water partition coefficient (Wildman–Crippen LogP) is 1.66. The fourth-order valence-corrected chi connectivity index (χ4v) is 1.36. The van der Waals surface area contributed by atoms with Gasteiger partial charge in [0.05, 0.1) is 13.2 Å². The summed E-state index contributed by atoms with van der Waals surface area (Å²) >= 11 is 0. The maximum absolute atomic E-state index is 13.2. The third-order valence-electron chi connectivity index (χ3n) is 2.15. The van der Waals surface area contributed by atoms with Crippen LogP contribution in [-0.4, -0.2) is 25.7 Å². The van der Waals surface area contributed by atoms with Crippen molar-refractivity contribution in [2.45, 2.75) is 13.3 Å². The lowest BCUT2D eigenvalue weighted by Gasteiger charge is -2.05. The molecule has 0 bridgehead atoms. The molecule has 0 aromatic heterocycles. The zero-order valence-electron chi connectivity index (χ0n) is 9.63. The van der Waals surface area contributed by atoms with Gasteiger partial charge in [0, 0.05) is 0 Å². The Bertz CT molecular complexity index is 383. The van der Waals surface area contributed by atoms with Crippen LogP contribution in [0.2, 0.25) is 0 Å². The Balaban J connectivity index is 2.31. The Morgan fingerprint density at radius 3 is 2.88 bits per heavy atom. The van der Waals surface area contributed by atoms with E-state index in [-0.39, 0.29) is 12.5 Å². The number of carbonyl (C=O) groups excluding carboxylic acids is 1. The third kappa shape index (κ3) is 4.91. The second-order valence-corrected chi connectivity index (χ2v) is 3.47. The van der Waals surface area contributed by atoms with E-state index in [0.29, 0.717) is 25.1 Å². The smallest absolute Gasteiger partial charge is 0.319 e. The first-order valence-corrected chi connectivity index (χ1v) is 5.43. The molecule has 1 rings (SSSR count). The molecule has 0 saturated heterocycles. The minimum Gasteiger partial charge on any atom is -0.465 e. The highest BCUT2D eigenvalue weighted by Gasteiger charge is 2.04. The van der Waals surface area contributed by atoms with Gasteiger partial charge < -0.3 is 10.1 Å². The van der Waals surface area contributed by atoms with E-state index in [9.17, 15) is 13.6 Å². The first-order valence-electron chi connectivity index (χ1n) is 5.43. The molecule has 0 unspecified atom stereocenters. The Labute approximate surface area is 98.8 Å². The Morgan fingerprint density at radius 1 is 1.41 bits per heavy atom. The number of rotatable bonds is 6. The molecule has 0 spiro atoms. The van der Waals surface area contributed by atoms with Crippen molar-refractivity contribution in [1.82, 2.24) is 5.32 Å². The normalized spacial score (nSPS) is 10.3. The topological polar surface area (TPSA) is 38.3 Å². The van der Waals surface area contributed by atoms with Crippen LogP contribution >= 0.6 is 0 Å². The molecule has 5 heteroatoms. The van der Waals surface area contributed by atoms with Gasteiger partial charge in [-0.15, -0.1) is 0 Å². The SMILES string of the molecule is CCOC(=O)CNCCc1cc(F)ccc1F. The fraction of sp³-hybridized carbons (Fsp3) is 0.417. The number of carbonyl (C=O) groups is 1. The van der Waals surface area contributed by atoms with Crippen molar-refractivity contribution in [2.75, 3.05) is 19.7 Å². The average Bonchev–Trinajstić information content (AvgIpc) is 2.29. The minimum absolute atomic E-state index is 0.0742. The number of benzene rings is 1. The number of esters is 1. The van der Waals surface area contributed by atoms with Crippen LogP contribution in [0.4, 0.5) is 8.78 Å². The van der Waals surface area contributed by atoms with Gasteiger partial charge in [0.15, 0.2) is 0 Å². The molecule has 94 valence electrons. The van der Waals surface area contributed by atoms with E-state index in [0.717, 1.165) is 18.2 Å². The molecule has 0 heterocycles. The summed E-state index contributed by atoms with van der Waals surface area (Å²) in [5.74, 6) is -1.26. The number of ether oxygens (including phenoxy) is 1. The van der Waals surface area contributed by atoms with E-state index in [1.807, 2.05) is 0 Å². The maximum Gasteiger partial charge on any atom is 0.319 e. The summed E-state index contributed by atoms with van der Waals surface area (Å²) in [5, 5.41) is 2.80. The molecule has 0 aliphatic carbocycles. The summed E-state index contributed by atoms with van der Waals surface area (Å²) in [6.07, 6.45) is 0.322. The zero-order chi connectivity index (χ0) is 12.7. The lowest BCUT2D eigenvalue weighted by molar-refractivity contribution is -0.141. The highest BCUT2D eigenvalue weighted by atomic mass is 19.1. The molecule has 0 amide bonds. The Hall–Kier alpha value is -1.49. The van der Waals surface area contributed by atoms with Crippen molar-refractivity contribution < 1.29 is 18.3 Å². The molecule has 1 aromatic carbocycles. The summed E-state index contributed by atoms with van der Waals surface area (Å²) in [6.45, 7) is 2.52. The van der Waals surface area contributed by atoms with E-state index in [1.54, 1.807) is 6.92 Å². The first kappa shape index (κ1) is 13.6. The molecular weight excluding hydrogens is 228 g/mol. The molecule has 1 N–H and O–H groups in total. The van der Waals surface area contributed by atoms with E-state index in [1.165, 1.54) is 0 Å². The van der Waals surface area contributed by atoms with Crippen LogP contribution in [0.25, 0.3) is 0 Å². The summed E-state index contributed by atoms with van der Waals surface area (Å²) < 4.78 is 30.7. The van der Waals surface area contributed by atoms with Gasteiger partial charge in [-0.2, -0.15) is 0 Å². The number of halogens is 2. The average molecular weight is 243 g/mol. The standard InChI is InChI=1S/C12H15F2NO2/c1-2-17-12(16)8-15-6-5-9-7-10(13)3-4-11(9)14/h3-4,7,15H,2,5-6,8H2,1H3. The monoisotopic (exact) mass is 243 g/mol. The zero-order valence-corrected chi connectivity index (χ0v) is 9.63. The first-order chi connectivity index (χ1) is 8.13. The second kappa shape index (κ2) is 6.96. The van der Waals surface area contributed by atoms with Crippen molar-refractivity contribution in [2.24, 2.45) is 0 Å². The molecule has 0 fully saturated rings. The second-order valence-electron chi connectivity index (χ2n) is 3.47. The lowest BCUT2D eigenvalue weighted by Crippen LogP contribution is -2.26. The molecule has 0 atom stereocenters. The highest BCUT2D eigenvalue weighted by molar-refractivity contribution is 5.71. The summed E-state index contributed by atoms with van der Waals surface area (Å²) in [7, 11) is 0. The number of nitrogens with one attached hydrogen (secondary N) is 1. The van der Waals surface area contributed by atoms with Gasteiger partial charge in [-0.05, 0) is 43.7 Å². The Morgan fingerprint density at radius 2 is 2.18 bits per heavy atom. The predicted molar refractivity (Wildman–Crippen MR) is 59.6 cm³/mol. The van der Waals surface area contributed by atoms with Gasteiger partial charge in [-0.1, -0.05) is 0 Å². The molecule has 3 nitrogen and oxygen atoms in total. The Kier molecular flexibility index (Phi) is 5.56. The lowest BCUT2D eigenvalue weighted by atomic mass is 10.1. The van der Waals surface area contributed by atoms with E-state index < -0.39 is 11.6 Å². The number of hydrogen-bond donors (Lipinski definition) is 1.